The van der Waals surface area contributed by atoms with Crippen LogP contribution in [0.15, 0.2) is 41.2 Å². The fourth-order valence-corrected chi connectivity index (χ4v) is 4.80. The lowest BCUT2D eigenvalue weighted by Gasteiger charge is -2.47. The Morgan fingerprint density at radius 1 is 1.14 bits per heavy atom. The van der Waals surface area contributed by atoms with Gasteiger partial charge < -0.3 is 14.2 Å². The van der Waals surface area contributed by atoms with Crippen molar-refractivity contribution in [3.63, 3.8) is 0 Å². The van der Waals surface area contributed by atoms with Crippen molar-refractivity contribution in [3.8, 4) is 11.8 Å². The van der Waals surface area contributed by atoms with E-state index in [1.54, 1.807) is 19.2 Å². The van der Waals surface area contributed by atoms with Gasteiger partial charge >= 0.3 is 6.36 Å². The van der Waals surface area contributed by atoms with Crippen LogP contribution in [0.3, 0.4) is 0 Å². The van der Waals surface area contributed by atoms with Gasteiger partial charge in [0.15, 0.2) is 11.6 Å². The molecule has 0 aliphatic carbocycles. The second kappa shape index (κ2) is 9.43. The first-order valence-corrected chi connectivity index (χ1v) is 11.4. The lowest BCUT2D eigenvalue weighted by atomic mass is 10.00. The number of alkyl halides is 3. The van der Waals surface area contributed by atoms with E-state index in [-0.39, 0.29) is 29.4 Å². The van der Waals surface area contributed by atoms with Crippen molar-refractivity contribution in [3.05, 3.63) is 63.8 Å². The van der Waals surface area contributed by atoms with Crippen molar-refractivity contribution < 1.29 is 22.3 Å². The van der Waals surface area contributed by atoms with E-state index in [4.69, 9.17) is 0 Å². The molecule has 190 valence electrons. The third kappa shape index (κ3) is 4.86. The van der Waals surface area contributed by atoms with Gasteiger partial charge in [-0.05, 0) is 50.6 Å². The molecule has 0 amide bonds. The number of nitriles is 1. The van der Waals surface area contributed by atoms with Crippen LogP contribution in [-0.4, -0.2) is 46.0 Å². The Morgan fingerprint density at radius 3 is 2.50 bits per heavy atom. The molecule has 0 saturated carbocycles. The molecule has 1 aromatic carbocycles. The number of rotatable bonds is 4. The molecule has 1 aliphatic rings. The number of aromatic nitrogens is 2. The van der Waals surface area contributed by atoms with Gasteiger partial charge in [0.2, 0.25) is 0 Å². The summed E-state index contributed by atoms with van der Waals surface area (Å²) in [6.07, 6.45) is -4.97. The Hall–Kier alpha value is -3.65. The number of piperazine rings is 1. The molecule has 3 atom stereocenters. The van der Waals surface area contributed by atoms with Gasteiger partial charge in [-0.25, -0.2) is 9.37 Å². The number of pyridine rings is 2. The van der Waals surface area contributed by atoms with Crippen LogP contribution in [-0.2, 0) is 7.05 Å². The Labute approximate surface area is 205 Å². The van der Waals surface area contributed by atoms with Crippen molar-refractivity contribution >= 4 is 16.7 Å². The maximum Gasteiger partial charge on any atom is 0.573 e. The summed E-state index contributed by atoms with van der Waals surface area (Å²) < 4.78 is 57.0. The molecule has 2 unspecified atom stereocenters. The molecule has 1 aliphatic heterocycles. The number of ether oxygens (including phenoxy) is 1. The van der Waals surface area contributed by atoms with Gasteiger partial charge in [0, 0.05) is 44.3 Å². The van der Waals surface area contributed by atoms with Crippen LogP contribution < -0.4 is 15.2 Å². The number of anilines is 1. The summed E-state index contributed by atoms with van der Waals surface area (Å²) >= 11 is 0. The summed E-state index contributed by atoms with van der Waals surface area (Å²) in [6.45, 7) is 6.91. The predicted molar refractivity (Wildman–Crippen MR) is 126 cm³/mol. The van der Waals surface area contributed by atoms with E-state index in [1.165, 1.54) is 16.7 Å². The third-order valence-electron chi connectivity index (χ3n) is 6.69. The zero-order valence-electron chi connectivity index (χ0n) is 20.2. The molecule has 11 heteroatoms. The van der Waals surface area contributed by atoms with Gasteiger partial charge in [-0.3, -0.25) is 9.69 Å². The molecule has 0 N–H and O–H groups in total. The highest BCUT2D eigenvalue weighted by Gasteiger charge is 2.35. The minimum absolute atomic E-state index is 0.0522. The SMILES string of the molecule is CC1CN(c2cc(=O)n(C)c3ccc(C#N)nc23)[C@@H](C)CN1C(C)c1ccc(OC(F)(F)F)c(F)c1. The summed E-state index contributed by atoms with van der Waals surface area (Å²) in [4.78, 5) is 21.3. The summed E-state index contributed by atoms with van der Waals surface area (Å²) in [5.41, 5.74) is 2.37. The molecule has 2 aromatic heterocycles. The lowest BCUT2D eigenvalue weighted by molar-refractivity contribution is -0.275. The monoisotopic (exact) mass is 503 g/mol. The summed E-state index contributed by atoms with van der Waals surface area (Å²) in [5, 5.41) is 9.32. The molecule has 7 nitrogen and oxygen atoms in total. The molecular formula is C25H25F4N5O2. The molecule has 0 bridgehead atoms. The number of halogens is 4. The number of fused-ring (bicyclic) bond motifs is 1. The predicted octanol–water partition coefficient (Wildman–Crippen LogP) is 4.50. The molecule has 3 aromatic rings. The van der Waals surface area contributed by atoms with Crippen LogP contribution >= 0.6 is 0 Å². The molecule has 0 radical (unpaired) electrons. The summed E-state index contributed by atoms with van der Waals surface area (Å²) in [6, 6.07) is 9.90. The lowest BCUT2D eigenvalue weighted by Crippen LogP contribution is -2.57. The second-order valence-electron chi connectivity index (χ2n) is 9.06. The molecule has 1 fully saturated rings. The Bertz CT molecular complexity index is 1400. The van der Waals surface area contributed by atoms with Crippen LogP contribution in [0.4, 0.5) is 23.2 Å². The van der Waals surface area contributed by atoms with Crippen LogP contribution in [0, 0.1) is 17.1 Å². The van der Waals surface area contributed by atoms with Crippen LogP contribution in [0.1, 0.15) is 38.1 Å². The Kier molecular flexibility index (Phi) is 6.66. The van der Waals surface area contributed by atoms with Gasteiger partial charge in [0.25, 0.3) is 5.56 Å². The van der Waals surface area contributed by atoms with Gasteiger partial charge in [-0.2, -0.15) is 5.26 Å². The number of hydrogen-bond acceptors (Lipinski definition) is 6. The highest BCUT2D eigenvalue weighted by atomic mass is 19.4. The smallest absolute Gasteiger partial charge is 0.403 e. The van der Waals surface area contributed by atoms with Crippen molar-refractivity contribution in [2.75, 3.05) is 18.0 Å². The van der Waals surface area contributed by atoms with E-state index < -0.39 is 17.9 Å². The van der Waals surface area contributed by atoms with Crippen molar-refractivity contribution in [1.29, 1.82) is 5.26 Å². The fourth-order valence-electron chi connectivity index (χ4n) is 4.80. The zero-order chi connectivity index (χ0) is 26.4. The normalized spacial score (nSPS) is 19.8. The zero-order valence-corrected chi connectivity index (χ0v) is 20.2. The molecule has 36 heavy (non-hydrogen) atoms. The third-order valence-corrected chi connectivity index (χ3v) is 6.69. The quantitative estimate of drug-likeness (QED) is 0.488. The Balaban J connectivity index is 1.62. The molecule has 0 spiro atoms. The number of benzene rings is 1. The molecule has 4 rings (SSSR count). The van der Waals surface area contributed by atoms with E-state index in [0.717, 1.165) is 12.1 Å². The average molecular weight is 504 g/mol. The highest BCUT2D eigenvalue weighted by molar-refractivity contribution is 5.89. The van der Waals surface area contributed by atoms with Crippen molar-refractivity contribution in [1.82, 2.24) is 14.5 Å². The molecular weight excluding hydrogens is 478 g/mol. The maximum absolute atomic E-state index is 14.3. The van der Waals surface area contributed by atoms with Crippen molar-refractivity contribution in [2.24, 2.45) is 7.05 Å². The maximum atomic E-state index is 14.3. The highest BCUT2D eigenvalue weighted by Crippen LogP contribution is 2.34. The van der Waals surface area contributed by atoms with Gasteiger partial charge in [-0.1, -0.05) is 6.07 Å². The summed E-state index contributed by atoms with van der Waals surface area (Å²) in [5.74, 6) is -1.95. The van der Waals surface area contributed by atoms with E-state index >= 15 is 0 Å². The first-order chi connectivity index (χ1) is 16.9. The molecule has 3 heterocycles. The van der Waals surface area contributed by atoms with E-state index in [1.807, 2.05) is 26.8 Å². The van der Waals surface area contributed by atoms with E-state index in [0.29, 0.717) is 35.4 Å². The minimum atomic E-state index is -4.97. The Morgan fingerprint density at radius 2 is 1.86 bits per heavy atom. The first kappa shape index (κ1) is 25.4. The number of aryl methyl sites for hydroxylation is 1. The van der Waals surface area contributed by atoms with E-state index in [9.17, 15) is 27.6 Å². The summed E-state index contributed by atoms with van der Waals surface area (Å²) in [7, 11) is 1.65. The van der Waals surface area contributed by atoms with Crippen LogP contribution in [0.5, 0.6) is 5.75 Å². The first-order valence-electron chi connectivity index (χ1n) is 11.4. The fraction of sp³-hybridized carbons (Fsp3) is 0.400. The topological polar surface area (TPSA) is 74.4 Å². The largest absolute Gasteiger partial charge is 0.573 e. The minimum Gasteiger partial charge on any atom is -0.403 e. The number of hydrogen-bond donors (Lipinski definition) is 0. The second-order valence-corrected chi connectivity index (χ2v) is 9.06. The van der Waals surface area contributed by atoms with Gasteiger partial charge in [0.05, 0.1) is 11.2 Å². The van der Waals surface area contributed by atoms with Crippen molar-refractivity contribution in [2.45, 2.75) is 45.3 Å². The van der Waals surface area contributed by atoms with Gasteiger partial charge in [-0.15, -0.1) is 13.2 Å². The standard InChI is InChI=1S/C25H25F4N5O2/c1-14-13-34(21-10-23(35)32(4)20-7-6-18(11-30)31-24(20)21)15(2)12-33(14)16(3)17-5-8-22(19(26)9-17)36-25(27,28)29/h5-10,14-16H,12-13H2,1-4H3/t14?,15-,16?/m0/s1. The average Bonchev–Trinajstić information content (AvgIpc) is 2.82. The van der Waals surface area contributed by atoms with Crippen LogP contribution in [0.2, 0.25) is 0 Å². The number of nitrogens with zero attached hydrogens (tertiary/aromatic N) is 5. The molecule has 1 saturated heterocycles. The van der Waals surface area contributed by atoms with E-state index in [2.05, 4.69) is 19.5 Å². The van der Waals surface area contributed by atoms with Crippen LogP contribution in [0.25, 0.3) is 11.0 Å². The van der Waals surface area contributed by atoms with Gasteiger partial charge in [0.1, 0.15) is 17.3 Å².